The Hall–Kier alpha value is -1.55. The summed E-state index contributed by atoms with van der Waals surface area (Å²) in [5.74, 6) is 0.786. The van der Waals surface area contributed by atoms with Crippen LogP contribution in [0.5, 0.6) is 0 Å². The Morgan fingerprint density at radius 1 is 1.24 bits per heavy atom. The molecule has 4 nitrogen and oxygen atoms in total. The molecule has 3 rings (SSSR count). The quantitative estimate of drug-likeness (QED) is 0.799. The van der Waals surface area contributed by atoms with Gasteiger partial charge in [0.2, 0.25) is 0 Å². The lowest BCUT2D eigenvalue weighted by molar-refractivity contribution is 0.0509. The van der Waals surface area contributed by atoms with Crippen LogP contribution in [0, 0.1) is 0 Å². The maximum Gasteiger partial charge on any atom is 0.407 e. The molecule has 2 fully saturated rings. The number of carbonyl (C=O) groups is 1. The van der Waals surface area contributed by atoms with Crippen molar-refractivity contribution in [3.8, 4) is 0 Å². The highest BCUT2D eigenvalue weighted by Crippen LogP contribution is 2.40. The number of alkyl carbamates (subject to hydrolysis) is 1. The number of carbonyl (C=O) groups excluding carboxylic acids is 1. The highest BCUT2D eigenvalue weighted by atomic mass is 16.6. The van der Waals surface area contributed by atoms with Gasteiger partial charge in [0.05, 0.1) is 0 Å². The molecule has 0 atom stereocenters. The summed E-state index contributed by atoms with van der Waals surface area (Å²) < 4.78 is 5.38. The third-order valence-corrected chi connectivity index (χ3v) is 5.20. The zero-order valence-electron chi connectivity index (χ0n) is 15.9. The van der Waals surface area contributed by atoms with Crippen molar-refractivity contribution in [2.24, 2.45) is 0 Å². The molecular weight excluding hydrogens is 312 g/mol. The third-order valence-electron chi connectivity index (χ3n) is 5.20. The molecule has 2 N–H and O–H groups in total. The Morgan fingerprint density at radius 2 is 1.96 bits per heavy atom. The number of hydrogen-bond acceptors (Lipinski definition) is 3. The van der Waals surface area contributed by atoms with Gasteiger partial charge >= 0.3 is 6.09 Å². The Morgan fingerprint density at radius 3 is 2.60 bits per heavy atom. The molecule has 0 spiro atoms. The van der Waals surface area contributed by atoms with Gasteiger partial charge in [-0.05, 0) is 63.5 Å². The zero-order chi connectivity index (χ0) is 17.9. The molecular formula is C21H32N2O2. The van der Waals surface area contributed by atoms with E-state index in [0.717, 1.165) is 25.3 Å². The second kappa shape index (κ2) is 7.36. The van der Waals surface area contributed by atoms with Gasteiger partial charge in [-0.1, -0.05) is 37.1 Å². The van der Waals surface area contributed by atoms with E-state index in [1.54, 1.807) is 0 Å². The highest BCUT2D eigenvalue weighted by Gasteiger charge is 2.34. The van der Waals surface area contributed by atoms with Gasteiger partial charge in [0.25, 0.3) is 0 Å². The van der Waals surface area contributed by atoms with Crippen molar-refractivity contribution in [3.05, 3.63) is 35.4 Å². The van der Waals surface area contributed by atoms with Crippen molar-refractivity contribution in [2.75, 3.05) is 6.54 Å². The molecule has 0 saturated heterocycles. The van der Waals surface area contributed by atoms with E-state index in [0.29, 0.717) is 6.54 Å². The summed E-state index contributed by atoms with van der Waals surface area (Å²) in [6.45, 7) is 7.16. The summed E-state index contributed by atoms with van der Waals surface area (Å²) in [6, 6.07) is 8.96. The molecule has 1 amide bonds. The SMILES string of the molecule is CC(C)(C)OC(=O)NCC1(NCc2cccc(C3CC3)c2)CCCC1. The summed E-state index contributed by atoms with van der Waals surface area (Å²) in [5.41, 5.74) is 2.36. The van der Waals surface area contributed by atoms with Crippen LogP contribution in [0.3, 0.4) is 0 Å². The zero-order valence-corrected chi connectivity index (χ0v) is 15.9. The van der Waals surface area contributed by atoms with Crippen LogP contribution in [0.1, 0.15) is 76.3 Å². The van der Waals surface area contributed by atoms with Crippen LogP contribution in [0.15, 0.2) is 24.3 Å². The third kappa shape index (κ3) is 5.46. The minimum Gasteiger partial charge on any atom is -0.444 e. The number of nitrogens with one attached hydrogen (secondary N) is 2. The normalized spacial score (nSPS) is 19.6. The summed E-state index contributed by atoms with van der Waals surface area (Å²) in [6.07, 6.45) is 6.98. The average Bonchev–Trinajstić information content (AvgIpc) is 3.30. The van der Waals surface area contributed by atoms with Gasteiger partial charge in [-0.2, -0.15) is 0 Å². The predicted molar refractivity (Wildman–Crippen MR) is 101 cm³/mol. The van der Waals surface area contributed by atoms with E-state index in [2.05, 4.69) is 34.9 Å². The number of amides is 1. The van der Waals surface area contributed by atoms with Crippen molar-refractivity contribution in [2.45, 2.75) is 82.9 Å². The van der Waals surface area contributed by atoms with Crippen LogP contribution < -0.4 is 10.6 Å². The Bertz CT molecular complexity index is 596. The lowest BCUT2D eigenvalue weighted by atomic mass is 9.96. The Kier molecular flexibility index (Phi) is 5.38. The summed E-state index contributed by atoms with van der Waals surface area (Å²) in [7, 11) is 0. The van der Waals surface area contributed by atoms with Gasteiger partial charge in [-0.3, -0.25) is 0 Å². The van der Waals surface area contributed by atoms with Crippen LogP contribution in [0.25, 0.3) is 0 Å². The van der Waals surface area contributed by atoms with E-state index in [1.165, 1.54) is 36.8 Å². The minimum absolute atomic E-state index is 0.00745. The van der Waals surface area contributed by atoms with Gasteiger partial charge in [-0.25, -0.2) is 4.79 Å². The maximum atomic E-state index is 12.0. The molecule has 0 unspecified atom stereocenters. The van der Waals surface area contributed by atoms with Gasteiger partial charge in [0.1, 0.15) is 5.60 Å². The van der Waals surface area contributed by atoms with Crippen molar-refractivity contribution in [3.63, 3.8) is 0 Å². The van der Waals surface area contributed by atoms with E-state index >= 15 is 0 Å². The van der Waals surface area contributed by atoms with E-state index in [4.69, 9.17) is 4.74 Å². The predicted octanol–water partition coefficient (Wildman–Crippen LogP) is 4.49. The highest BCUT2D eigenvalue weighted by molar-refractivity contribution is 5.67. The molecule has 0 bridgehead atoms. The molecule has 2 saturated carbocycles. The fraction of sp³-hybridized carbons (Fsp3) is 0.667. The first kappa shape index (κ1) is 18.2. The first-order valence-corrected chi connectivity index (χ1v) is 9.66. The maximum absolute atomic E-state index is 12.0. The largest absolute Gasteiger partial charge is 0.444 e. The Balaban J connectivity index is 1.55. The van der Waals surface area contributed by atoms with E-state index in [1.807, 2.05) is 20.8 Å². The number of rotatable bonds is 6. The van der Waals surface area contributed by atoms with E-state index in [9.17, 15) is 4.79 Å². The second-order valence-corrected chi connectivity index (χ2v) is 8.72. The van der Waals surface area contributed by atoms with Crippen LogP contribution in [-0.2, 0) is 11.3 Å². The molecule has 1 aromatic carbocycles. The summed E-state index contributed by atoms with van der Waals surface area (Å²) >= 11 is 0. The second-order valence-electron chi connectivity index (χ2n) is 8.72. The molecule has 2 aliphatic carbocycles. The van der Waals surface area contributed by atoms with Crippen LogP contribution in [0.2, 0.25) is 0 Å². The number of benzene rings is 1. The van der Waals surface area contributed by atoms with Crippen molar-refractivity contribution >= 4 is 6.09 Å². The van der Waals surface area contributed by atoms with Gasteiger partial charge in [0, 0.05) is 18.6 Å². The van der Waals surface area contributed by atoms with Gasteiger partial charge in [-0.15, -0.1) is 0 Å². The molecule has 0 heterocycles. The molecule has 0 aliphatic heterocycles. The molecule has 2 aliphatic rings. The lowest BCUT2D eigenvalue weighted by Crippen LogP contribution is -2.52. The summed E-state index contributed by atoms with van der Waals surface area (Å²) in [5, 5.41) is 6.72. The number of hydrogen-bond donors (Lipinski definition) is 2. The number of ether oxygens (including phenoxy) is 1. The smallest absolute Gasteiger partial charge is 0.407 e. The molecule has 0 aromatic heterocycles. The first-order chi connectivity index (χ1) is 11.9. The molecule has 1 aromatic rings. The molecule has 0 radical (unpaired) electrons. The molecule has 4 heteroatoms. The average molecular weight is 344 g/mol. The summed E-state index contributed by atoms with van der Waals surface area (Å²) in [4.78, 5) is 12.0. The van der Waals surface area contributed by atoms with Crippen LogP contribution >= 0.6 is 0 Å². The van der Waals surface area contributed by atoms with Crippen molar-refractivity contribution < 1.29 is 9.53 Å². The van der Waals surface area contributed by atoms with E-state index in [-0.39, 0.29) is 11.6 Å². The van der Waals surface area contributed by atoms with E-state index < -0.39 is 5.60 Å². The molecule has 138 valence electrons. The van der Waals surface area contributed by atoms with Crippen molar-refractivity contribution in [1.82, 2.24) is 10.6 Å². The standard InChI is InChI=1S/C21H32N2O2/c1-20(2,3)25-19(24)22-15-21(11-4-5-12-21)23-14-16-7-6-8-18(13-16)17-9-10-17/h6-8,13,17,23H,4-5,9-12,14-15H2,1-3H3,(H,22,24). The monoisotopic (exact) mass is 344 g/mol. The first-order valence-electron chi connectivity index (χ1n) is 9.66. The van der Waals surface area contributed by atoms with Crippen molar-refractivity contribution in [1.29, 1.82) is 0 Å². The van der Waals surface area contributed by atoms with Crippen LogP contribution in [-0.4, -0.2) is 23.8 Å². The van der Waals surface area contributed by atoms with Crippen LogP contribution in [0.4, 0.5) is 4.79 Å². The topological polar surface area (TPSA) is 50.4 Å². The molecule has 25 heavy (non-hydrogen) atoms. The van der Waals surface area contributed by atoms with Gasteiger partial charge < -0.3 is 15.4 Å². The fourth-order valence-electron chi connectivity index (χ4n) is 3.69. The lowest BCUT2D eigenvalue weighted by Gasteiger charge is -2.31. The Labute approximate surface area is 151 Å². The van der Waals surface area contributed by atoms with Gasteiger partial charge in [0.15, 0.2) is 0 Å². The fourth-order valence-corrected chi connectivity index (χ4v) is 3.69. The minimum atomic E-state index is -0.455.